The van der Waals surface area contributed by atoms with Crippen molar-refractivity contribution in [3.8, 4) is 12.3 Å². The van der Waals surface area contributed by atoms with Gasteiger partial charge in [0.2, 0.25) is 0 Å². The molecule has 19 heavy (non-hydrogen) atoms. The van der Waals surface area contributed by atoms with Crippen molar-refractivity contribution in [3.63, 3.8) is 0 Å². The lowest BCUT2D eigenvalue weighted by atomic mass is 10.2. The van der Waals surface area contributed by atoms with Gasteiger partial charge in [-0.25, -0.2) is 4.79 Å². The Balaban J connectivity index is 2.44. The van der Waals surface area contributed by atoms with E-state index in [0.29, 0.717) is 11.0 Å². The van der Waals surface area contributed by atoms with Crippen molar-refractivity contribution in [2.75, 3.05) is 33.8 Å². The van der Waals surface area contributed by atoms with E-state index in [2.05, 4.69) is 12.0 Å². The summed E-state index contributed by atoms with van der Waals surface area (Å²) >= 11 is 0. The second kappa shape index (κ2) is 7.40. The summed E-state index contributed by atoms with van der Waals surface area (Å²) in [5.74, 6) is 2.02. The topological polar surface area (TPSA) is 26.3 Å². The van der Waals surface area contributed by atoms with Crippen LogP contribution in [-0.4, -0.2) is 44.2 Å². The Morgan fingerprint density at radius 1 is 1.37 bits per heavy atom. The smallest absolute Gasteiger partial charge is 0.362 e. The highest BCUT2D eigenvalue weighted by Gasteiger charge is 2.19. The second-order valence-corrected chi connectivity index (χ2v) is 4.95. The summed E-state index contributed by atoms with van der Waals surface area (Å²) in [5.41, 5.74) is 1.15. The van der Waals surface area contributed by atoms with Gasteiger partial charge in [0.25, 0.3) is 0 Å². The molecule has 0 radical (unpaired) electrons. The van der Waals surface area contributed by atoms with Gasteiger partial charge in [-0.1, -0.05) is 42.3 Å². The Hall–Kier alpha value is -2.05. The highest BCUT2D eigenvalue weighted by molar-refractivity contribution is 5.70. The average Bonchev–Trinajstić information content (AvgIpc) is 2.37. The molecule has 0 aromatic heterocycles. The van der Waals surface area contributed by atoms with Gasteiger partial charge in [0, 0.05) is 0 Å². The Kier molecular flexibility index (Phi) is 5.84. The van der Waals surface area contributed by atoms with Crippen LogP contribution in [0.3, 0.4) is 0 Å². The van der Waals surface area contributed by atoms with Crippen LogP contribution in [0.25, 0.3) is 6.08 Å². The molecule has 3 nitrogen and oxygen atoms in total. The average molecular weight is 258 g/mol. The molecule has 0 aliphatic carbocycles. The van der Waals surface area contributed by atoms with E-state index in [0.717, 1.165) is 12.1 Å². The zero-order chi connectivity index (χ0) is 14.1. The monoisotopic (exact) mass is 258 g/mol. The lowest BCUT2D eigenvalue weighted by molar-refractivity contribution is -0.877. The molecule has 0 bridgehead atoms. The van der Waals surface area contributed by atoms with Crippen molar-refractivity contribution < 1.29 is 14.0 Å². The maximum atomic E-state index is 11.5. The van der Waals surface area contributed by atoms with E-state index in [1.54, 1.807) is 0 Å². The maximum Gasteiger partial charge on any atom is 0.362 e. The number of benzene rings is 1. The van der Waals surface area contributed by atoms with Crippen LogP contribution in [0, 0.1) is 12.3 Å². The van der Waals surface area contributed by atoms with Gasteiger partial charge < -0.3 is 9.22 Å². The zero-order valence-electron chi connectivity index (χ0n) is 11.5. The van der Waals surface area contributed by atoms with Gasteiger partial charge in [0.05, 0.1) is 20.6 Å². The highest BCUT2D eigenvalue weighted by Crippen LogP contribution is 2.04. The van der Waals surface area contributed by atoms with Crippen molar-refractivity contribution in [2.24, 2.45) is 0 Å². The van der Waals surface area contributed by atoms with Gasteiger partial charge in [-0.3, -0.25) is 0 Å². The molecule has 0 atom stereocenters. The van der Waals surface area contributed by atoms with Crippen LogP contribution >= 0.6 is 0 Å². The summed E-state index contributed by atoms with van der Waals surface area (Å²) in [6.07, 6.45) is 9.15. The molecule has 0 N–H and O–H groups in total. The number of carbonyl (C=O) groups is 1. The van der Waals surface area contributed by atoms with E-state index in [1.165, 1.54) is 0 Å². The van der Waals surface area contributed by atoms with Crippen molar-refractivity contribution >= 4 is 12.0 Å². The number of nitrogens with zero attached hydrogens (tertiary/aromatic N) is 1. The maximum absolute atomic E-state index is 11.5. The number of quaternary nitrogens is 1. The van der Waals surface area contributed by atoms with Crippen molar-refractivity contribution in [3.05, 3.63) is 42.0 Å². The van der Waals surface area contributed by atoms with E-state index in [4.69, 9.17) is 11.2 Å². The highest BCUT2D eigenvalue weighted by atomic mass is 16.5. The Bertz CT molecular complexity index is 469. The largest absolute Gasteiger partial charge is 0.448 e. The number of esters is 1. The lowest BCUT2D eigenvalue weighted by Crippen LogP contribution is -2.44. The number of hydrogen-bond donors (Lipinski definition) is 0. The van der Waals surface area contributed by atoms with E-state index < -0.39 is 0 Å². The summed E-state index contributed by atoms with van der Waals surface area (Å²) in [4.78, 5) is 11.5. The van der Waals surface area contributed by atoms with E-state index in [9.17, 15) is 4.79 Å². The van der Waals surface area contributed by atoms with Gasteiger partial charge in [0.1, 0.15) is 0 Å². The summed E-state index contributed by atoms with van der Waals surface area (Å²) in [7, 11) is 3.96. The SMILES string of the molecule is C#CCOC(=O)C[N+](C)(C)CC=Cc1ccccc1. The molecule has 0 saturated carbocycles. The third kappa shape index (κ3) is 6.44. The molecule has 1 rings (SSSR count). The molecule has 0 amide bonds. The Morgan fingerprint density at radius 3 is 2.68 bits per heavy atom. The predicted molar refractivity (Wildman–Crippen MR) is 77.1 cm³/mol. The fourth-order valence-corrected chi connectivity index (χ4v) is 1.62. The number of likely N-dealkylation sites (N-methyl/N-ethyl adjacent to an activating group) is 1. The third-order valence-electron chi connectivity index (χ3n) is 2.58. The molecule has 0 aliphatic rings. The minimum atomic E-state index is -0.268. The minimum Gasteiger partial charge on any atom is -0.448 e. The molecule has 0 fully saturated rings. The molecule has 0 aliphatic heterocycles. The number of ether oxygens (including phenoxy) is 1. The molecular weight excluding hydrogens is 238 g/mol. The number of carbonyl (C=O) groups excluding carboxylic acids is 1. The van der Waals surface area contributed by atoms with Crippen LogP contribution in [0.1, 0.15) is 5.56 Å². The first kappa shape index (κ1) is 15.0. The molecular formula is C16H20NO2+. The van der Waals surface area contributed by atoms with Crippen LogP contribution in [0.5, 0.6) is 0 Å². The summed E-state index contributed by atoms with van der Waals surface area (Å²) in [5, 5.41) is 0. The quantitative estimate of drug-likeness (QED) is 0.443. The van der Waals surface area contributed by atoms with Crippen LogP contribution in [0.4, 0.5) is 0 Å². The van der Waals surface area contributed by atoms with Gasteiger partial charge in [-0.2, -0.15) is 0 Å². The molecule has 3 heteroatoms. The van der Waals surface area contributed by atoms with E-state index in [1.807, 2.05) is 50.5 Å². The van der Waals surface area contributed by atoms with Crippen molar-refractivity contribution in [1.29, 1.82) is 0 Å². The van der Waals surface area contributed by atoms with Gasteiger partial charge in [-0.15, -0.1) is 6.42 Å². The fourth-order valence-electron chi connectivity index (χ4n) is 1.62. The summed E-state index contributed by atoms with van der Waals surface area (Å²) < 4.78 is 5.41. The Labute approximate surface area is 115 Å². The molecule has 1 aromatic rings. The van der Waals surface area contributed by atoms with Crippen LogP contribution in [0.15, 0.2) is 36.4 Å². The first-order chi connectivity index (χ1) is 9.03. The summed E-state index contributed by atoms with van der Waals surface area (Å²) in [6, 6.07) is 10.1. The van der Waals surface area contributed by atoms with Gasteiger partial charge in [-0.05, 0) is 11.6 Å². The molecule has 0 heterocycles. The lowest BCUT2D eigenvalue weighted by Gasteiger charge is -2.26. The Morgan fingerprint density at radius 2 is 2.05 bits per heavy atom. The standard InChI is InChI=1S/C16H20NO2/c1-4-13-19-16(18)14-17(2,3)12-8-11-15-9-6-5-7-10-15/h1,5-11H,12-14H2,2-3H3/q+1. The van der Waals surface area contributed by atoms with E-state index in [-0.39, 0.29) is 12.6 Å². The van der Waals surface area contributed by atoms with Gasteiger partial charge >= 0.3 is 5.97 Å². The van der Waals surface area contributed by atoms with Crippen LogP contribution in [0.2, 0.25) is 0 Å². The van der Waals surface area contributed by atoms with Gasteiger partial charge in [0.15, 0.2) is 13.2 Å². The number of terminal acetylenes is 1. The molecule has 100 valence electrons. The first-order valence-corrected chi connectivity index (χ1v) is 6.16. The number of hydrogen-bond acceptors (Lipinski definition) is 2. The minimum absolute atomic E-state index is 0.0404. The fraction of sp³-hybridized carbons (Fsp3) is 0.312. The van der Waals surface area contributed by atoms with Crippen LogP contribution in [-0.2, 0) is 9.53 Å². The van der Waals surface area contributed by atoms with E-state index >= 15 is 0 Å². The zero-order valence-corrected chi connectivity index (χ0v) is 11.5. The molecule has 0 saturated heterocycles. The van der Waals surface area contributed by atoms with Crippen molar-refractivity contribution in [1.82, 2.24) is 0 Å². The van der Waals surface area contributed by atoms with Crippen molar-refractivity contribution in [2.45, 2.75) is 0 Å². The second-order valence-electron chi connectivity index (χ2n) is 4.95. The molecule has 0 unspecified atom stereocenters. The molecule has 1 aromatic carbocycles. The van der Waals surface area contributed by atoms with Crippen LogP contribution < -0.4 is 0 Å². The molecule has 0 spiro atoms. The third-order valence-corrected chi connectivity index (χ3v) is 2.58. The predicted octanol–water partition coefficient (Wildman–Crippen LogP) is 1.95. The normalized spacial score (nSPS) is 11.2. The first-order valence-electron chi connectivity index (χ1n) is 6.16. The number of rotatable bonds is 6. The summed E-state index contributed by atoms with van der Waals surface area (Å²) in [6.45, 7) is 1.10.